The van der Waals surface area contributed by atoms with Crippen molar-refractivity contribution in [3.05, 3.63) is 29.8 Å². The third kappa shape index (κ3) is 4.60. The van der Waals surface area contributed by atoms with Gasteiger partial charge in [-0.15, -0.1) is 0 Å². The molecule has 0 heterocycles. The number of aryl methyl sites for hydroxylation is 1. The Labute approximate surface area is 116 Å². The van der Waals surface area contributed by atoms with Crippen molar-refractivity contribution >= 4 is 10.0 Å². The standard InChI is InChI=1S/C14H24N2O2S/c1-11(2)9-14(4,10-15)16-19(17,18)13-7-5-6-12(3)8-13/h5-8,11,16H,9-10,15H2,1-4H3. The van der Waals surface area contributed by atoms with E-state index in [2.05, 4.69) is 18.6 Å². The molecule has 0 saturated heterocycles. The van der Waals surface area contributed by atoms with Crippen LogP contribution in [0.4, 0.5) is 0 Å². The summed E-state index contributed by atoms with van der Waals surface area (Å²) in [5.41, 5.74) is 6.05. The first-order valence-corrected chi connectivity index (χ1v) is 7.97. The lowest BCUT2D eigenvalue weighted by molar-refractivity contribution is 0.344. The Morgan fingerprint density at radius 1 is 1.37 bits per heavy atom. The summed E-state index contributed by atoms with van der Waals surface area (Å²) < 4.78 is 27.5. The second kappa shape index (κ2) is 6.03. The average Bonchev–Trinajstić information content (AvgIpc) is 2.27. The lowest BCUT2D eigenvalue weighted by Gasteiger charge is -2.30. The number of rotatable bonds is 6. The molecule has 0 amide bonds. The van der Waals surface area contributed by atoms with Crippen LogP contribution in [0.5, 0.6) is 0 Å². The van der Waals surface area contributed by atoms with Gasteiger partial charge in [-0.1, -0.05) is 26.0 Å². The van der Waals surface area contributed by atoms with Gasteiger partial charge in [-0.25, -0.2) is 13.1 Å². The topological polar surface area (TPSA) is 72.2 Å². The molecule has 0 aliphatic carbocycles. The zero-order valence-corrected chi connectivity index (χ0v) is 12.9. The Bertz CT molecular complexity index is 526. The number of benzene rings is 1. The van der Waals surface area contributed by atoms with Gasteiger partial charge in [0.1, 0.15) is 0 Å². The van der Waals surface area contributed by atoms with Gasteiger partial charge in [0.2, 0.25) is 10.0 Å². The van der Waals surface area contributed by atoms with Crippen LogP contribution in [0.1, 0.15) is 32.8 Å². The summed E-state index contributed by atoms with van der Waals surface area (Å²) in [4.78, 5) is 0.288. The molecule has 1 unspecified atom stereocenters. The molecular weight excluding hydrogens is 260 g/mol. The zero-order chi connectivity index (χ0) is 14.7. The minimum Gasteiger partial charge on any atom is -0.329 e. The highest BCUT2D eigenvalue weighted by molar-refractivity contribution is 7.89. The molecule has 5 heteroatoms. The van der Waals surface area contributed by atoms with Gasteiger partial charge in [0.05, 0.1) is 4.90 Å². The molecule has 3 N–H and O–H groups in total. The van der Waals surface area contributed by atoms with E-state index < -0.39 is 15.6 Å². The second-order valence-corrected chi connectivity index (χ2v) is 7.47. The number of nitrogens with one attached hydrogen (secondary N) is 1. The van der Waals surface area contributed by atoms with Crippen LogP contribution in [0.2, 0.25) is 0 Å². The maximum atomic E-state index is 12.4. The molecule has 19 heavy (non-hydrogen) atoms. The molecule has 1 aromatic carbocycles. The predicted octanol–water partition coefficient (Wildman–Crippen LogP) is 2.04. The van der Waals surface area contributed by atoms with Crippen molar-refractivity contribution in [2.24, 2.45) is 11.7 Å². The van der Waals surface area contributed by atoms with E-state index in [1.54, 1.807) is 18.2 Å². The van der Waals surface area contributed by atoms with Crippen molar-refractivity contribution in [3.63, 3.8) is 0 Å². The Kier molecular flexibility index (Phi) is 5.12. The molecule has 1 rings (SSSR count). The Balaban J connectivity index is 3.01. The summed E-state index contributed by atoms with van der Waals surface area (Å²) >= 11 is 0. The minimum absolute atomic E-state index is 0.274. The largest absolute Gasteiger partial charge is 0.329 e. The van der Waals surface area contributed by atoms with E-state index >= 15 is 0 Å². The molecule has 0 fully saturated rings. The fraction of sp³-hybridized carbons (Fsp3) is 0.571. The van der Waals surface area contributed by atoms with Crippen molar-refractivity contribution < 1.29 is 8.42 Å². The van der Waals surface area contributed by atoms with Crippen molar-refractivity contribution in [3.8, 4) is 0 Å². The van der Waals surface area contributed by atoms with Gasteiger partial charge >= 0.3 is 0 Å². The molecule has 4 nitrogen and oxygen atoms in total. The highest BCUT2D eigenvalue weighted by Crippen LogP contribution is 2.19. The molecule has 0 aliphatic heterocycles. The van der Waals surface area contributed by atoms with Crippen LogP contribution in [0, 0.1) is 12.8 Å². The highest BCUT2D eigenvalue weighted by atomic mass is 32.2. The number of sulfonamides is 1. The second-order valence-electron chi connectivity index (χ2n) is 5.78. The Hall–Kier alpha value is -0.910. The van der Waals surface area contributed by atoms with E-state index in [0.29, 0.717) is 12.3 Å². The smallest absolute Gasteiger partial charge is 0.241 e. The van der Waals surface area contributed by atoms with E-state index in [0.717, 1.165) is 5.56 Å². The fourth-order valence-electron chi connectivity index (χ4n) is 2.23. The normalized spacial score (nSPS) is 15.5. The van der Waals surface area contributed by atoms with Crippen LogP contribution in [0.25, 0.3) is 0 Å². The number of hydrogen-bond donors (Lipinski definition) is 2. The zero-order valence-electron chi connectivity index (χ0n) is 12.1. The van der Waals surface area contributed by atoms with E-state index in [1.807, 2.05) is 19.9 Å². The van der Waals surface area contributed by atoms with E-state index in [1.165, 1.54) is 0 Å². The average molecular weight is 284 g/mol. The summed E-state index contributed by atoms with van der Waals surface area (Å²) in [5, 5.41) is 0. The first-order chi connectivity index (χ1) is 8.68. The van der Waals surface area contributed by atoms with Crippen molar-refractivity contribution in [1.82, 2.24) is 4.72 Å². The predicted molar refractivity (Wildman–Crippen MR) is 78.4 cm³/mol. The van der Waals surface area contributed by atoms with Crippen molar-refractivity contribution in [2.75, 3.05) is 6.54 Å². The lowest BCUT2D eigenvalue weighted by atomic mass is 9.92. The van der Waals surface area contributed by atoms with Gasteiger partial charge in [-0.2, -0.15) is 0 Å². The summed E-state index contributed by atoms with van der Waals surface area (Å²) in [5.74, 6) is 0.369. The van der Waals surface area contributed by atoms with Crippen LogP contribution in [-0.4, -0.2) is 20.5 Å². The number of hydrogen-bond acceptors (Lipinski definition) is 3. The summed E-state index contributed by atoms with van der Waals surface area (Å²) in [6, 6.07) is 6.87. The quantitative estimate of drug-likeness (QED) is 0.839. The molecule has 0 radical (unpaired) electrons. The molecule has 1 aromatic rings. The van der Waals surface area contributed by atoms with Crippen molar-refractivity contribution in [2.45, 2.75) is 44.6 Å². The van der Waals surface area contributed by atoms with Crippen molar-refractivity contribution in [1.29, 1.82) is 0 Å². The van der Waals surface area contributed by atoms with Gasteiger partial charge in [-0.05, 0) is 43.9 Å². The highest BCUT2D eigenvalue weighted by Gasteiger charge is 2.30. The van der Waals surface area contributed by atoms with Gasteiger partial charge in [0, 0.05) is 12.1 Å². The maximum Gasteiger partial charge on any atom is 0.241 e. The molecule has 0 saturated carbocycles. The third-order valence-electron chi connectivity index (χ3n) is 2.99. The van der Waals surface area contributed by atoms with E-state index in [9.17, 15) is 8.42 Å². The van der Waals surface area contributed by atoms with Gasteiger partial charge < -0.3 is 5.73 Å². The molecule has 1 atom stereocenters. The summed E-state index contributed by atoms with van der Waals surface area (Å²) in [6.45, 7) is 8.09. The number of nitrogens with two attached hydrogens (primary N) is 1. The van der Waals surface area contributed by atoms with Crippen LogP contribution in [0.15, 0.2) is 29.2 Å². The molecule has 0 aromatic heterocycles. The van der Waals surface area contributed by atoms with E-state index in [4.69, 9.17) is 5.73 Å². The third-order valence-corrected chi connectivity index (χ3v) is 4.63. The molecule has 0 spiro atoms. The van der Waals surface area contributed by atoms with Crippen LogP contribution >= 0.6 is 0 Å². The van der Waals surface area contributed by atoms with Gasteiger partial charge in [-0.3, -0.25) is 0 Å². The lowest BCUT2D eigenvalue weighted by Crippen LogP contribution is -2.51. The SMILES string of the molecule is Cc1cccc(S(=O)(=O)NC(C)(CN)CC(C)C)c1. The van der Waals surface area contributed by atoms with Gasteiger partial charge in [0.15, 0.2) is 0 Å². The van der Waals surface area contributed by atoms with Crippen LogP contribution < -0.4 is 10.5 Å². The Morgan fingerprint density at radius 3 is 2.47 bits per heavy atom. The van der Waals surface area contributed by atoms with E-state index in [-0.39, 0.29) is 11.4 Å². The summed E-state index contributed by atoms with van der Waals surface area (Å²) in [7, 11) is -3.53. The molecule has 108 valence electrons. The monoisotopic (exact) mass is 284 g/mol. The minimum atomic E-state index is -3.53. The Morgan fingerprint density at radius 2 is 2.00 bits per heavy atom. The molecular formula is C14H24N2O2S. The first kappa shape index (κ1) is 16.1. The van der Waals surface area contributed by atoms with Crippen LogP contribution in [0.3, 0.4) is 0 Å². The molecule has 0 aliphatic rings. The maximum absolute atomic E-state index is 12.4. The van der Waals surface area contributed by atoms with Crippen LogP contribution in [-0.2, 0) is 10.0 Å². The first-order valence-electron chi connectivity index (χ1n) is 6.49. The fourth-order valence-corrected chi connectivity index (χ4v) is 3.77. The molecule has 0 bridgehead atoms. The summed E-state index contributed by atoms with van der Waals surface area (Å²) in [6.07, 6.45) is 0.703. The van der Waals surface area contributed by atoms with Gasteiger partial charge in [0.25, 0.3) is 0 Å².